The Morgan fingerprint density at radius 2 is 1.85 bits per heavy atom. The number of ketones is 2. The number of pyridine rings is 1. The number of likely N-dealkylation sites (N-methyl/N-ethyl adjacent to an activating group) is 2. The summed E-state index contributed by atoms with van der Waals surface area (Å²) in [5.41, 5.74) is -4.60. The number of ether oxygens (including phenoxy) is 5. The zero-order valence-electron chi connectivity index (χ0n) is 36.6. The molecule has 2 aliphatic rings. The molecule has 16 heteroatoms. The normalized spacial score (nSPS) is 36.5. The molecule has 2 aromatic rings. The molecule has 4 rings (SSSR count). The Labute approximate surface area is 348 Å². The Bertz CT molecular complexity index is 1710. The maximum atomic E-state index is 16.9. The number of esters is 1. The number of rotatable bonds is 14. The van der Waals surface area contributed by atoms with Crippen molar-refractivity contribution in [2.75, 3.05) is 27.7 Å². The molecule has 0 spiro atoms. The monoisotopic (exact) mass is 831 g/mol. The third-order valence-electron chi connectivity index (χ3n) is 12.6. The Kier molecular flexibility index (Phi) is 16.5. The van der Waals surface area contributed by atoms with E-state index in [-0.39, 0.29) is 31.2 Å². The summed E-state index contributed by atoms with van der Waals surface area (Å²) in [7, 11) is 4.91. The van der Waals surface area contributed by atoms with Crippen LogP contribution in [0.15, 0.2) is 37.1 Å². The smallest absolute Gasteiger partial charge is 0.351 e. The summed E-state index contributed by atoms with van der Waals surface area (Å²) in [6, 6.07) is 2.50. The highest BCUT2D eigenvalue weighted by Crippen LogP contribution is 2.40. The molecule has 2 saturated heterocycles. The Morgan fingerprint density at radius 3 is 2.46 bits per heavy atom. The lowest BCUT2D eigenvalue weighted by Crippen LogP contribution is -2.64. The number of nitrogens with one attached hydrogen (secondary N) is 1. The number of aliphatic hydroxyl groups excluding tert-OH is 1. The lowest BCUT2D eigenvalue weighted by Gasteiger charge is -2.49. The van der Waals surface area contributed by atoms with Crippen molar-refractivity contribution in [2.45, 2.75) is 154 Å². The summed E-state index contributed by atoms with van der Waals surface area (Å²) >= 11 is 0. The number of hydrogen-bond acceptors (Lipinski definition) is 14. The number of Topliss-reactive ketones (excluding diaryl/α,β-unsaturated/α-hetero) is 2. The van der Waals surface area contributed by atoms with Crippen LogP contribution in [0, 0.1) is 17.8 Å². The Balaban J connectivity index is 1.70. The number of aromatic nitrogens is 3. The highest BCUT2D eigenvalue weighted by atomic mass is 19.1. The quantitative estimate of drug-likeness (QED) is 0.119. The van der Waals surface area contributed by atoms with Gasteiger partial charge < -0.3 is 38.7 Å². The third-order valence-corrected chi connectivity index (χ3v) is 12.6. The number of carbonyl (C=O) groups excluding carboxylic acids is 4. The fourth-order valence-electron chi connectivity index (χ4n) is 9.22. The molecule has 13 atom stereocenters. The molecule has 0 amide bonds. The van der Waals surface area contributed by atoms with E-state index in [1.165, 1.54) is 14.0 Å². The van der Waals surface area contributed by atoms with E-state index >= 15 is 4.39 Å². The fourth-order valence-corrected chi connectivity index (χ4v) is 9.22. The van der Waals surface area contributed by atoms with Gasteiger partial charge in [0.05, 0.1) is 35.9 Å². The summed E-state index contributed by atoms with van der Waals surface area (Å²) in [6.45, 7) is 13.8. The summed E-state index contributed by atoms with van der Waals surface area (Å²) in [4.78, 5) is 65.8. The van der Waals surface area contributed by atoms with Gasteiger partial charge in [-0.2, -0.15) is 0 Å². The predicted octanol–water partition coefficient (Wildman–Crippen LogP) is 4.33. The summed E-state index contributed by atoms with van der Waals surface area (Å²) in [5, 5.41) is 14.3. The number of methoxy groups -OCH3 is 1. The second kappa shape index (κ2) is 20.3. The molecule has 2 unspecified atom stereocenters. The minimum Gasteiger partial charge on any atom is -0.456 e. The average molecular weight is 832 g/mol. The van der Waals surface area contributed by atoms with Gasteiger partial charge in [0.1, 0.15) is 18.0 Å². The van der Waals surface area contributed by atoms with Gasteiger partial charge in [-0.25, -0.2) is 14.2 Å². The van der Waals surface area contributed by atoms with E-state index in [0.29, 0.717) is 25.9 Å². The SMILES string of the molecule is CC[C@H]1OC(=O)[C@@](C)(F)C(=O)C(C)[C@@H](O[C@@H]2O[C@H](C)C[C@H](NC)[C@H]2O)[C@](C)(OC)C[C@@H](C)C(=O)[C@H](C)C(N(C)CCCCn2cnc(-c3cccnc3)c2)[C@]1(C)OC=O. The molecule has 2 fully saturated rings. The highest BCUT2D eigenvalue weighted by Gasteiger charge is 2.57. The fraction of sp³-hybridized carbons (Fsp3) is 0.721. The predicted molar refractivity (Wildman–Crippen MR) is 217 cm³/mol. The van der Waals surface area contributed by atoms with Gasteiger partial charge in [0, 0.05) is 61.6 Å². The number of nitrogens with zero attached hydrogens (tertiary/aromatic N) is 4. The molecule has 0 aromatic carbocycles. The second-order valence-electron chi connectivity index (χ2n) is 17.0. The van der Waals surface area contributed by atoms with Gasteiger partial charge in [-0.3, -0.25) is 24.3 Å². The molecular weight excluding hydrogens is 765 g/mol. The molecule has 0 radical (unpaired) electrons. The van der Waals surface area contributed by atoms with Gasteiger partial charge >= 0.3 is 5.97 Å². The molecule has 4 heterocycles. The van der Waals surface area contributed by atoms with Crippen molar-refractivity contribution in [2.24, 2.45) is 17.8 Å². The van der Waals surface area contributed by atoms with E-state index in [1.807, 2.05) is 41.8 Å². The first kappa shape index (κ1) is 48.0. The number of carbonyl (C=O) groups is 4. The van der Waals surface area contributed by atoms with Gasteiger partial charge in [-0.05, 0) is 92.6 Å². The van der Waals surface area contributed by atoms with E-state index in [1.54, 1.807) is 60.4 Å². The van der Waals surface area contributed by atoms with Crippen LogP contribution in [0.1, 0.15) is 87.5 Å². The van der Waals surface area contributed by atoms with Crippen LogP contribution in [0.3, 0.4) is 0 Å². The minimum atomic E-state index is -3.19. The van der Waals surface area contributed by atoms with Gasteiger partial charge in [-0.1, -0.05) is 27.7 Å². The van der Waals surface area contributed by atoms with Crippen LogP contribution in [-0.2, 0) is 49.4 Å². The van der Waals surface area contributed by atoms with Crippen molar-refractivity contribution in [3.8, 4) is 11.3 Å². The van der Waals surface area contributed by atoms with Gasteiger partial charge in [-0.15, -0.1) is 0 Å². The molecule has 2 aromatic heterocycles. The van der Waals surface area contributed by atoms with Crippen molar-refractivity contribution in [1.29, 1.82) is 0 Å². The maximum Gasteiger partial charge on any atom is 0.351 e. The maximum absolute atomic E-state index is 16.9. The van der Waals surface area contributed by atoms with E-state index in [0.717, 1.165) is 24.6 Å². The first-order chi connectivity index (χ1) is 27.8. The molecule has 2 N–H and O–H groups in total. The number of cyclic esters (lactones) is 1. The largest absolute Gasteiger partial charge is 0.456 e. The molecule has 0 bridgehead atoms. The van der Waals surface area contributed by atoms with Crippen LogP contribution in [0.4, 0.5) is 4.39 Å². The number of unbranched alkanes of at least 4 members (excludes halogenated alkanes) is 1. The zero-order chi connectivity index (χ0) is 43.9. The molecule has 0 saturated carbocycles. The third kappa shape index (κ3) is 10.6. The van der Waals surface area contributed by atoms with Crippen molar-refractivity contribution in [3.05, 3.63) is 37.1 Å². The van der Waals surface area contributed by atoms with Crippen molar-refractivity contribution in [3.63, 3.8) is 0 Å². The molecule has 59 heavy (non-hydrogen) atoms. The summed E-state index contributed by atoms with van der Waals surface area (Å²) in [6.07, 6.45) is 3.76. The molecule has 0 aliphatic carbocycles. The van der Waals surface area contributed by atoms with Gasteiger partial charge in [0.25, 0.3) is 12.1 Å². The Hall–Kier alpha value is -3.67. The lowest BCUT2D eigenvalue weighted by molar-refractivity contribution is -0.290. The van der Waals surface area contributed by atoms with E-state index in [2.05, 4.69) is 15.3 Å². The Morgan fingerprint density at radius 1 is 1.14 bits per heavy atom. The number of aryl methyl sites for hydroxylation is 1. The van der Waals surface area contributed by atoms with E-state index in [4.69, 9.17) is 23.7 Å². The molecule has 15 nitrogen and oxygen atoms in total. The standard InChI is InChI=1S/C43H66FN5O10/c1-12-33-43(8,56-25-50)36(48(10)18-13-14-19-49-23-32(47-24-49)30-16-15-17-46-22-30)28(4)34(51)26(2)21-41(6,55-11)38(29(5)37(53)42(7,44)40(54)58-33)59-39-35(52)31(45-9)20-27(3)57-39/h15-17,22-29,31,33,35-36,38-39,45,52H,12-14,18-21H2,1-11H3/t26-,27-,28+,29?,31+,33-,35-,36?,38-,39+,41-,42+,43-/m1/s1. The second-order valence-corrected chi connectivity index (χ2v) is 17.0. The van der Waals surface area contributed by atoms with Crippen LogP contribution < -0.4 is 5.32 Å². The van der Waals surface area contributed by atoms with Crippen LogP contribution in [0.25, 0.3) is 11.3 Å². The topological polar surface area (TPSA) is 181 Å². The molecular formula is C43H66FN5O10. The van der Waals surface area contributed by atoms with Crippen molar-refractivity contribution < 1.29 is 52.4 Å². The molecule has 330 valence electrons. The number of alkyl halides is 1. The van der Waals surface area contributed by atoms with Gasteiger partial charge in [0.15, 0.2) is 17.7 Å². The van der Waals surface area contributed by atoms with E-state index < -0.39 is 83.1 Å². The van der Waals surface area contributed by atoms with Gasteiger partial charge in [0.2, 0.25) is 0 Å². The van der Waals surface area contributed by atoms with Crippen molar-refractivity contribution >= 4 is 24.0 Å². The lowest BCUT2D eigenvalue weighted by atomic mass is 9.72. The first-order valence-electron chi connectivity index (χ1n) is 20.7. The van der Waals surface area contributed by atoms with Crippen LogP contribution in [0.5, 0.6) is 0 Å². The van der Waals surface area contributed by atoms with E-state index in [9.17, 15) is 24.3 Å². The van der Waals surface area contributed by atoms with Crippen molar-refractivity contribution in [1.82, 2.24) is 24.8 Å². The average Bonchev–Trinajstić information content (AvgIpc) is 3.69. The number of hydrogen-bond donors (Lipinski definition) is 2. The zero-order valence-corrected chi connectivity index (χ0v) is 36.6. The number of aliphatic hydroxyl groups is 1. The van der Waals surface area contributed by atoms with Crippen LogP contribution >= 0.6 is 0 Å². The number of imidazole rings is 1. The minimum absolute atomic E-state index is 0.00105. The summed E-state index contributed by atoms with van der Waals surface area (Å²) < 4.78 is 49.2. The first-order valence-corrected chi connectivity index (χ1v) is 20.7. The molecule has 2 aliphatic heterocycles. The summed E-state index contributed by atoms with van der Waals surface area (Å²) in [5.74, 6) is -5.78. The highest BCUT2D eigenvalue weighted by molar-refractivity contribution is 6.07. The van der Waals surface area contributed by atoms with Crippen LogP contribution in [0.2, 0.25) is 0 Å². The van der Waals surface area contributed by atoms with Crippen LogP contribution in [-0.4, -0.2) is 136 Å². The number of halogens is 1.